The standard InChI is InChI=1S/C13H24N2O/c1-12(16)15-9-5-13(6-10-15)11-14-7-3-2-4-8-14/h13H,2-11H2,1H3. The van der Waals surface area contributed by atoms with Crippen molar-refractivity contribution in [2.45, 2.75) is 39.0 Å². The van der Waals surface area contributed by atoms with E-state index in [1.165, 1.54) is 51.7 Å². The smallest absolute Gasteiger partial charge is 0.219 e. The topological polar surface area (TPSA) is 23.6 Å². The van der Waals surface area contributed by atoms with E-state index in [2.05, 4.69) is 4.90 Å². The Hall–Kier alpha value is -0.570. The van der Waals surface area contributed by atoms with Gasteiger partial charge in [-0.2, -0.15) is 0 Å². The van der Waals surface area contributed by atoms with Crippen LogP contribution in [-0.2, 0) is 4.79 Å². The average Bonchev–Trinajstić information content (AvgIpc) is 2.31. The molecule has 2 aliphatic rings. The van der Waals surface area contributed by atoms with E-state index in [1.807, 2.05) is 4.90 Å². The third kappa shape index (κ3) is 3.21. The Balaban J connectivity index is 1.70. The molecule has 1 amide bonds. The largest absolute Gasteiger partial charge is 0.343 e. The number of likely N-dealkylation sites (tertiary alicyclic amines) is 2. The quantitative estimate of drug-likeness (QED) is 0.713. The third-order valence-corrected chi connectivity index (χ3v) is 4.02. The monoisotopic (exact) mass is 224 g/mol. The lowest BCUT2D eigenvalue weighted by Crippen LogP contribution is -2.41. The molecule has 2 aliphatic heterocycles. The molecular formula is C13H24N2O. The second-order valence-electron chi connectivity index (χ2n) is 5.31. The van der Waals surface area contributed by atoms with Crippen LogP contribution in [-0.4, -0.2) is 48.4 Å². The van der Waals surface area contributed by atoms with Gasteiger partial charge in [-0.3, -0.25) is 4.79 Å². The van der Waals surface area contributed by atoms with E-state index in [4.69, 9.17) is 0 Å². The summed E-state index contributed by atoms with van der Waals surface area (Å²) in [7, 11) is 0. The number of carbonyl (C=O) groups excluding carboxylic acids is 1. The molecular weight excluding hydrogens is 200 g/mol. The molecule has 0 aromatic carbocycles. The van der Waals surface area contributed by atoms with Gasteiger partial charge in [0.25, 0.3) is 0 Å². The molecule has 2 heterocycles. The molecule has 0 N–H and O–H groups in total. The minimum absolute atomic E-state index is 0.247. The van der Waals surface area contributed by atoms with Crippen LogP contribution in [0.25, 0.3) is 0 Å². The molecule has 92 valence electrons. The molecule has 0 aromatic heterocycles. The van der Waals surface area contributed by atoms with Gasteiger partial charge < -0.3 is 9.80 Å². The average molecular weight is 224 g/mol. The summed E-state index contributed by atoms with van der Waals surface area (Å²) in [6.07, 6.45) is 6.59. The fourth-order valence-corrected chi connectivity index (χ4v) is 2.94. The number of amides is 1. The van der Waals surface area contributed by atoms with Gasteiger partial charge in [0.1, 0.15) is 0 Å². The molecule has 0 aromatic rings. The second-order valence-corrected chi connectivity index (χ2v) is 5.31. The predicted molar refractivity (Wildman–Crippen MR) is 65.3 cm³/mol. The third-order valence-electron chi connectivity index (χ3n) is 4.02. The highest BCUT2D eigenvalue weighted by Crippen LogP contribution is 2.20. The van der Waals surface area contributed by atoms with Crippen LogP contribution < -0.4 is 0 Å². The molecule has 0 spiro atoms. The Morgan fingerprint density at radius 1 is 1.06 bits per heavy atom. The highest BCUT2D eigenvalue weighted by molar-refractivity contribution is 5.73. The van der Waals surface area contributed by atoms with Crippen molar-refractivity contribution >= 4 is 5.91 Å². The van der Waals surface area contributed by atoms with Crippen molar-refractivity contribution in [3.63, 3.8) is 0 Å². The van der Waals surface area contributed by atoms with Gasteiger partial charge in [0.05, 0.1) is 0 Å². The van der Waals surface area contributed by atoms with E-state index in [-0.39, 0.29) is 5.91 Å². The number of rotatable bonds is 2. The van der Waals surface area contributed by atoms with E-state index < -0.39 is 0 Å². The zero-order chi connectivity index (χ0) is 11.4. The highest BCUT2D eigenvalue weighted by atomic mass is 16.2. The number of hydrogen-bond donors (Lipinski definition) is 0. The van der Waals surface area contributed by atoms with Crippen LogP contribution in [0.15, 0.2) is 0 Å². The van der Waals surface area contributed by atoms with Crippen molar-refractivity contribution < 1.29 is 4.79 Å². The van der Waals surface area contributed by atoms with Gasteiger partial charge in [-0.15, -0.1) is 0 Å². The van der Waals surface area contributed by atoms with Gasteiger partial charge in [-0.05, 0) is 44.7 Å². The summed E-state index contributed by atoms with van der Waals surface area (Å²) in [5.41, 5.74) is 0. The van der Waals surface area contributed by atoms with E-state index >= 15 is 0 Å². The fraction of sp³-hybridized carbons (Fsp3) is 0.923. The van der Waals surface area contributed by atoms with Crippen LogP contribution in [0.1, 0.15) is 39.0 Å². The predicted octanol–water partition coefficient (Wildman–Crippen LogP) is 1.73. The van der Waals surface area contributed by atoms with Gasteiger partial charge in [-0.1, -0.05) is 6.42 Å². The summed E-state index contributed by atoms with van der Waals surface area (Å²) in [4.78, 5) is 15.8. The second kappa shape index (κ2) is 5.67. The molecule has 2 saturated heterocycles. The van der Waals surface area contributed by atoms with Crippen molar-refractivity contribution in [1.82, 2.24) is 9.80 Å². The van der Waals surface area contributed by atoms with E-state index in [0.717, 1.165) is 19.0 Å². The van der Waals surface area contributed by atoms with Crippen LogP contribution in [0, 0.1) is 5.92 Å². The van der Waals surface area contributed by atoms with Gasteiger partial charge in [0, 0.05) is 26.6 Å². The van der Waals surface area contributed by atoms with Crippen LogP contribution >= 0.6 is 0 Å². The number of nitrogens with zero attached hydrogens (tertiary/aromatic N) is 2. The summed E-state index contributed by atoms with van der Waals surface area (Å²) in [5, 5.41) is 0. The van der Waals surface area contributed by atoms with Crippen LogP contribution in [0.4, 0.5) is 0 Å². The van der Waals surface area contributed by atoms with Gasteiger partial charge in [0.2, 0.25) is 5.91 Å². The molecule has 0 radical (unpaired) electrons. The van der Waals surface area contributed by atoms with E-state index in [1.54, 1.807) is 6.92 Å². The molecule has 2 rings (SSSR count). The molecule has 0 atom stereocenters. The minimum atomic E-state index is 0.247. The lowest BCUT2D eigenvalue weighted by Gasteiger charge is -2.35. The Morgan fingerprint density at radius 3 is 2.25 bits per heavy atom. The zero-order valence-corrected chi connectivity index (χ0v) is 10.5. The molecule has 0 aliphatic carbocycles. The van der Waals surface area contributed by atoms with Gasteiger partial charge in [-0.25, -0.2) is 0 Å². The zero-order valence-electron chi connectivity index (χ0n) is 10.5. The molecule has 0 bridgehead atoms. The fourth-order valence-electron chi connectivity index (χ4n) is 2.94. The Bertz CT molecular complexity index is 228. The lowest BCUT2D eigenvalue weighted by atomic mass is 9.95. The van der Waals surface area contributed by atoms with Crippen LogP contribution in [0.2, 0.25) is 0 Å². The molecule has 2 fully saturated rings. The molecule has 0 unspecified atom stereocenters. The first-order valence-corrected chi connectivity index (χ1v) is 6.73. The SMILES string of the molecule is CC(=O)N1CCC(CN2CCCCC2)CC1. The normalized spacial score (nSPS) is 24.7. The first kappa shape index (κ1) is 11.9. The maximum Gasteiger partial charge on any atom is 0.219 e. The summed E-state index contributed by atoms with van der Waals surface area (Å²) in [6.45, 7) is 7.51. The van der Waals surface area contributed by atoms with Crippen LogP contribution in [0.3, 0.4) is 0 Å². The summed E-state index contributed by atoms with van der Waals surface area (Å²) in [5.74, 6) is 1.07. The molecule has 3 heteroatoms. The Morgan fingerprint density at radius 2 is 1.69 bits per heavy atom. The Kier molecular flexibility index (Phi) is 4.22. The van der Waals surface area contributed by atoms with E-state index in [0.29, 0.717) is 0 Å². The molecule has 3 nitrogen and oxygen atoms in total. The number of carbonyl (C=O) groups is 1. The summed E-state index contributed by atoms with van der Waals surface area (Å²) in [6, 6.07) is 0. The summed E-state index contributed by atoms with van der Waals surface area (Å²) < 4.78 is 0. The van der Waals surface area contributed by atoms with Crippen molar-refractivity contribution in [3.05, 3.63) is 0 Å². The lowest BCUT2D eigenvalue weighted by molar-refractivity contribution is -0.130. The van der Waals surface area contributed by atoms with E-state index in [9.17, 15) is 4.79 Å². The molecule has 16 heavy (non-hydrogen) atoms. The summed E-state index contributed by atoms with van der Waals surface area (Å²) >= 11 is 0. The van der Waals surface area contributed by atoms with Gasteiger partial charge >= 0.3 is 0 Å². The first-order valence-electron chi connectivity index (χ1n) is 6.73. The highest BCUT2D eigenvalue weighted by Gasteiger charge is 2.22. The maximum atomic E-state index is 11.2. The van der Waals surface area contributed by atoms with Crippen molar-refractivity contribution in [1.29, 1.82) is 0 Å². The minimum Gasteiger partial charge on any atom is -0.343 e. The van der Waals surface area contributed by atoms with Crippen molar-refractivity contribution in [2.75, 3.05) is 32.7 Å². The van der Waals surface area contributed by atoms with Crippen molar-refractivity contribution in [2.24, 2.45) is 5.92 Å². The van der Waals surface area contributed by atoms with Gasteiger partial charge in [0.15, 0.2) is 0 Å². The maximum absolute atomic E-state index is 11.2. The number of hydrogen-bond acceptors (Lipinski definition) is 2. The van der Waals surface area contributed by atoms with Crippen LogP contribution in [0.5, 0.6) is 0 Å². The first-order chi connectivity index (χ1) is 7.75. The molecule has 0 saturated carbocycles. The Labute approximate surface area is 98.8 Å². The van der Waals surface area contributed by atoms with Crippen molar-refractivity contribution in [3.8, 4) is 0 Å². The number of piperidine rings is 2.